The number of morpholine rings is 1. The van der Waals surface area contributed by atoms with Gasteiger partial charge in [-0.2, -0.15) is 0 Å². The number of carbonyl (C=O) groups is 1. The first kappa shape index (κ1) is 11.7. The van der Waals surface area contributed by atoms with Crippen LogP contribution in [0.2, 0.25) is 0 Å². The molecule has 1 aliphatic rings. The monoisotopic (exact) mass is 199 g/mol. The molecule has 1 saturated heterocycles. The van der Waals surface area contributed by atoms with Gasteiger partial charge in [0.15, 0.2) is 5.78 Å². The van der Waals surface area contributed by atoms with E-state index in [4.69, 9.17) is 4.74 Å². The second kappa shape index (κ2) is 4.89. The summed E-state index contributed by atoms with van der Waals surface area (Å²) in [5.41, 5.74) is -0.265. The van der Waals surface area contributed by atoms with E-state index in [2.05, 4.69) is 18.7 Å². The van der Waals surface area contributed by atoms with Crippen LogP contribution in [0.1, 0.15) is 33.6 Å². The summed E-state index contributed by atoms with van der Waals surface area (Å²) >= 11 is 0. The van der Waals surface area contributed by atoms with Gasteiger partial charge in [-0.3, -0.25) is 9.69 Å². The van der Waals surface area contributed by atoms with Crippen molar-refractivity contribution in [2.75, 3.05) is 26.3 Å². The fourth-order valence-electron chi connectivity index (χ4n) is 2.03. The Kier molecular flexibility index (Phi) is 4.08. The molecule has 0 radical (unpaired) electrons. The highest BCUT2D eigenvalue weighted by molar-refractivity contribution is 5.87. The number of hydrogen-bond acceptors (Lipinski definition) is 3. The maximum atomic E-state index is 11.9. The first-order valence-corrected chi connectivity index (χ1v) is 5.51. The number of Topliss-reactive ketones (excluding diaryl/α,β-unsaturated/α-hetero) is 1. The SMILES string of the molecule is CCC(=O)C(C)(CC)N1CCOCC1. The largest absolute Gasteiger partial charge is 0.379 e. The van der Waals surface area contributed by atoms with Crippen LogP contribution in [0, 0.1) is 0 Å². The Morgan fingerprint density at radius 3 is 2.36 bits per heavy atom. The van der Waals surface area contributed by atoms with Crippen molar-refractivity contribution in [3.63, 3.8) is 0 Å². The number of rotatable bonds is 4. The zero-order valence-electron chi connectivity index (χ0n) is 9.51. The Labute approximate surface area is 86.4 Å². The molecule has 0 aromatic carbocycles. The van der Waals surface area contributed by atoms with Crippen molar-refractivity contribution in [2.45, 2.75) is 39.2 Å². The molecule has 0 spiro atoms. The predicted molar refractivity (Wildman–Crippen MR) is 56.4 cm³/mol. The molecule has 14 heavy (non-hydrogen) atoms. The molecule has 0 aromatic heterocycles. The van der Waals surface area contributed by atoms with E-state index in [-0.39, 0.29) is 5.54 Å². The van der Waals surface area contributed by atoms with Crippen LogP contribution in [0.25, 0.3) is 0 Å². The summed E-state index contributed by atoms with van der Waals surface area (Å²) in [6.07, 6.45) is 1.52. The van der Waals surface area contributed by atoms with Gasteiger partial charge in [-0.25, -0.2) is 0 Å². The van der Waals surface area contributed by atoms with E-state index in [1.165, 1.54) is 0 Å². The smallest absolute Gasteiger partial charge is 0.152 e. The lowest BCUT2D eigenvalue weighted by molar-refractivity contribution is -0.133. The molecule has 3 heteroatoms. The molecule has 0 aliphatic carbocycles. The average molecular weight is 199 g/mol. The Bertz CT molecular complexity index is 199. The molecule has 82 valence electrons. The number of ether oxygens (including phenoxy) is 1. The van der Waals surface area contributed by atoms with Gasteiger partial charge in [-0.1, -0.05) is 13.8 Å². The summed E-state index contributed by atoms with van der Waals surface area (Å²) in [7, 11) is 0. The van der Waals surface area contributed by atoms with Gasteiger partial charge in [-0.15, -0.1) is 0 Å². The van der Waals surface area contributed by atoms with Crippen LogP contribution < -0.4 is 0 Å². The number of ketones is 1. The standard InChI is InChI=1S/C11H21NO2/c1-4-10(13)11(3,5-2)12-6-8-14-9-7-12/h4-9H2,1-3H3. The second-order valence-electron chi connectivity index (χ2n) is 4.00. The lowest BCUT2D eigenvalue weighted by Crippen LogP contribution is -2.55. The minimum Gasteiger partial charge on any atom is -0.379 e. The first-order valence-electron chi connectivity index (χ1n) is 5.51. The third kappa shape index (κ3) is 2.15. The van der Waals surface area contributed by atoms with Crippen LogP contribution in [0.4, 0.5) is 0 Å². The van der Waals surface area contributed by atoms with E-state index in [0.717, 1.165) is 32.7 Å². The maximum absolute atomic E-state index is 11.9. The van der Waals surface area contributed by atoms with Crippen LogP contribution in [-0.4, -0.2) is 42.5 Å². The second-order valence-corrected chi connectivity index (χ2v) is 4.00. The normalized spacial score (nSPS) is 23.1. The molecule has 1 heterocycles. The van der Waals surface area contributed by atoms with Crippen LogP contribution in [0.15, 0.2) is 0 Å². The minimum absolute atomic E-state index is 0.265. The van der Waals surface area contributed by atoms with Crippen molar-refractivity contribution < 1.29 is 9.53 Å². The number of carbonyl (C=O) groups excluding carboxylic acids is 1. The summed E-state index contributed by atoms with van der Waals surface area (Å²) in [4.78, 5) is 14.1. The lowest BCUT2D eigenvalue weighted by atomic mass is 9.89. The molecule has 0 N–H and O–H groups in total. The molecular weight excluding hydrogens is 178 g/mol. The average Bonchev–Trinajstić information content (AvgIpc) is 2.28. The van der Waals surface area contributed by atoms with Crippen LogP contribution >= 0.6 is 0 Å². The predicted octanol–water partition coefficient (Wildman–Crippen LogP) is 1.47. The molecule has 1 aliphatic heterocycles. The van der Waals surface area contributed by atoms with Crippen LogP contribution in [0.3, 0.4) is 0 Å². The van der Waals surface area contributed by atoms with Crippen molar-refractivity contribution in [3.8, 4) is 0 Å². The number of nitrogens with zero attached hydrogens (tertiary/aromatic N) is 1. The molecule has 1 fully saturated rings. The van der Waals surface area contributed by atoms with Crippen molar-refractivity contribution in [1.82, 2.24) is 4.90 Å². The fraction of sp³-hybridized carbons (Fsp3) is 0.909. The third-order valence-electron chi connectivity index (χ3n) is 3.32. The first-order chi connectivity index (χ1) is 6.65. The molecule has 3 nitrogen and oxygen atoms in total. The molecule has 0 aromatic rings. The fourth-order valence-corrected chi connectivity index (χ4v) is 2.03. The topological polar surface area (TPSA) is 29.5 Å². The summed E-state index contributed by atoms with van der Waals surface area (Å²) in [6, 6.07) is 0. The Balaban J connectivity index is 2.71. The summed E-state index contributed by atoms with van der Waals surface area (Å²) < 4.78 is 5.30. The van der Waals surface area contributed by atoms with Crippen molar-refractivity contribution in [3.05, 3.63) is 0 Å². The highest BCUT2D eigenvalue weighted by Crippen LogP contribution is 2.23. The van der Waals surface area contributed by atoms with E-state index in [9.17, 15) is 4.79 Å². The van der Waals surface area contributed by atoms with E-state index >= 15 is 0 Å². The van der Waals surface area contributed by atoms with Gasteiger partial charge in [-0.05, 0) is 13.3 Å². The van der Waals surface area contributed by atoms with Crippen molar-refractivity contribution in [2.24, 2.45) is 0 Å². The van der Waals surface area contributed by atoms with Gasteiger partial charge in [0.25, 0.3) is 0 Å². The molecule has 0 bridgehead atoms. The lowest BCUT2D eigenvalue weighted by Gasteiger charge is -2.41. The highest BCUT2D eigenvalue weighted by atomic mass is 16.5. The van der Waals surface area contributed by atoms with E-state index in [1.807, 2.05) is 6.92 Å². The van der Waals surface area contributed by atoms with Gasteiger partial charge in [0, 0.05) is 19.5 Å². The van der Waals surface area contributed by atoms with Gasteiger partial charge < -0.3 is 4.74 Å². The highest BCUT2D eigenvalue weighted by Gasteiger charge is 2.36. The quantitative estimate of drug-likeness (QED) is 0.686. The molecule has 0 saturated carbocycles. The minimum atomic E-state index is -0.265. The number of hydrogen-bond donors (Lipinski definition) is 0. The zero-order chi connectivity index (χ0) is 10.6. The maximum Gasteiger partial charge on any atom is 0.152 e. The molecule has 1 atom stereocenters. The van der Waals surface area contributed by atoms with Gasteiger partial charge in [0.1, 0.15) is 0 Å². The molecule has 1 unspecified atom stereocenters. The van der Waals surface area contributed by atoms with Gasteiger partial charge in [0.05, 0.1) is 18.8 Å². The van der Waals surface area contributed by atoms with E-state index < -0.39 is 0 Å². The zero-order valence-corrected chi connectivity index (χ0v) is 9.51. The van der Waals surface area contributed by atoms with Crippen LogP contribution in [-0.2, 0) is 9.53 Å². The summed E-state index contributed by atoms with van der Waals surface area (Å²) in [5, 5.41) is 0. The van der Waals surface area contributed by atoms with Crippen molar-refractivity contribution >= 4 is 5.78 Å². The van der Waals surface area contributed by atoms with E-state index in [1.54, 1.807) is 0 Å². The molecule has 1 rings (SSSR count). The Hall–Kier alpha value is -0.410. The van der Waals surface area contributed by atoms with Gasteiger partial charge in [0.2, 0.25) is 0 Å². The molecule has 0 amide bonds. The van der Waals surface area contributed by atoms with Crippen molar-refractivity contribution in [1.29, 1.82) is 0 Å². The Morgan fingerprint density at radius 2 is 1.93 bits per heavy atom. The summed E-state index contributed by atoms with van der Waals surface area (Å²) in [6.45, 7) is 9.37. The van der Waals surface area contributed by atoms with Crippen LogP contribution in [0.5, 0.6) is 0 Å². The molecular formula is C11H21NO2. The van der Waals surface area contributed by atoms with E-state index in [0.29, 0.717) is 12.2 Å². The summed E-state index contributed by atoms with van der Waals surface area (Å²) in [5.74, 6) is 0.349. The third-order valence-corrected chi connectivity index (χ3v) is 3.32. The Morgan fingerprint density at radius 1 is 1.36 bits per heavy atom. The van der Waals surface area contributed by atoms with Gasteiger partial charge >= 0.3 is 0 Å².